The molecule has 0 unspecified atom stereocenters. The normalized spacial score (nSPS) is 16.0. The Balaban J connectivity index is 1.52. The van der Waals surface area contributed by atoms with Crippen LogP contribution in [0.1, 0.15) is 0 Å². The van der Waals surface area contributed by atoms with Crippen molar-refractivity contribution >= 4 is 15.7 Å². The van der Waals surface area contributed by atoms with Gasteiger partial charge in [-0.05, 0) is 30.3 Å². The molecule has 0 amide bonds. The van der Waals surface area contributed by atoms with Gasteiger partial charge in [0.05, 0.1) is 36.0 Å². The number of benzene rings is 2. The number of ether oxygens (including phenoxy) is 1. The molecule has 28 heavy (non-hydrogen) atoms. The third-order valence-corrected chi connectivity index (χ3v) is 6.53. The van der Waals surface area contributed by atoms with E-state index in [9.17, 15) is 22.9 Å². The predicted molar refractivity (Wildman–Crippen MR) is 99.3 cm³/mol. The van der Waals surface area contributed by atoms with Crippen LogP contribution in [0, 0.1) is 15.9 Å². The smallest absolute Gasteiger partial charge is 0.270 e. The molecule has 0 aliphatic carbocycles. The van der Waals surface area contributed by atoms with Gasteiger partial charge in [0.2, 0.25) is 10.0 Å². The second kappa shape index (κ2) is 8.63. The van der Waals surface area contributed by atoms with Crippen LogP contribution in [0.15, 0.2) is 53.4 Å². The Kier molecular flexibility index (Phi) is 6.22. The quantitative estimate of drug-likeness (QED) is 0.536. The van der Waals surface area contributed by atoms with Crippen molar-refractivity contribution in [2.75, 3.05) is 39.3 Å². The second-order valence-electron chi connectivity index (χ2n) is 6.46. The van der Waals surface area contributed by atoms with Crippen LogP contribution in [0.4, 0.5) is 10.1 Å². The number of quaternary nitrogens is 1. The lowest BCUT2D eigenvalue weighted by atomic mass is 10.3. The molecule has 3 rings (SSSR count). The summed E-state index contributed by atoms with van der Waals surface area (Å²) in [5, 5.41) is 10.9. The minimum Gasteiger partial charge on any atom is -0.488 e. The fourth-order valence-electron chi connectivity index (χ4n) is 3.04. The molecule has 1 aliphatic heterocycles. The summed E-state index contributed by atoms with van der Waals surface area (Å²) in [6.07, 6.45) is 0. The van der Waals surface area contributed by atoms with Gasteiger partial charge in [-0.3, -0.25) is 10.1 Å². The van der Waals surface area contributed by atoms with Gasteiger partial charge in [-0.1, -0.05) is 6.07 Å². The molecule has 0 aromatic heterocycles. The van der Waals surface area contributed by atoms with Gasteiger partial charge in [-0.15, -0.1) is 0 Å². The van der Waals surface area contributed by atoms with Crippen LogP contribution in [-0.4, -0.2) is 57.0 Å². The Morgan fingerprint density at radius 1 is 1.14 bits per heavy atom. The van der Waals surface area contributed by atoms with Crippen LogP contribution in [0.5, 0.6) is 5.75 Å². The van der Waals surface area contributed by atoms with Crippen molar-refractivity contribution in [1.29, 1.82) is 0 Å². The summed E-state index contributed by atoms with van der Waals surface area (Å²) in [6, 6.07) is 10.9. The summed E-state index contributed by atoms with van der Waals surface area (Å²) in [5.41, 5.74) is -0.247. The summed E-state index contributed by atoms with van der Waals surface area (Å²) in [5.74, 6) is 0.270. The number of rotatable bonds is 7. The van der Waals surface area contributed by atoms with Gasteiger partial charge >= 0.3 is 0 Å². The molecule has 1 aliphatic rings. The van der Waals surface area contributed by atoms with Crippen molar-refractivity contribution < 1.29 is 27.4 Å². The van der Waals surface area contributed by atoms with Gasteiger partial charge in [0.1, 0.15) is 24.7 Å². The zero-order valence-corrected chi connectivity index (χ0v) is 15.9. The van der Waals surface area contributed by atoms with Crippen LogP contribution in [0.2, 0.25) is 0 Å². The lowest BCUT2D eigenvalue weighted by Gasteiger charge is -2.31. The van der Waals surface area contributed by atoms with Crippen LogP contribution < -0.4 is 9.64 Å². The second-order valence-corrected chi connectivity index (χ2v) is 8.40. The zero-order valence-electron chi connectivity index (χ0n) is 15.1. The maximum Gasteiger partial charge on any atom is 0.270 e. The van der Waals surface area contributed by atoms with E-state index in [0.29, 0.717) is 45.1 Å². The van der Waals surface area contributed by atoms with Crippen molar-refractivity contribution in [3.63, 3.8) is 0 Å². The SMILES string of the molecule is O=[N+]([O-])c1cccc(S(=O)(=O)N2CC[NH+](CCOc3ccc(F)cc3)CC2)c1. The lowest BCUT2D eigenvalue weighted by molar-refractivity contribution is -0.903. The molecule has 0 saturated carbocycles. The number of hydrogen-bond acceptors (Lipinski definition) is 5. The summed E-state index contributed by atoms with van der Waals surface area (Å²) in [6.45, 7) is 3.02. The molecular formula is C18H21FN3O5S+. The number of nitro groups is 1. The molecule has 0 spiro atoms. The molecule has 150 valence electrons. The molecule has 2 aromatic carbocycles. The average Bonchev–Trinajstić information content (AvgIpc) is 2.70. The maximum atomic E-state index is 12.9. The standard InChI is InChI=1S/C18H20FN3O5S/c19-15-4-6-17(7-5-15)27-13-12-20-8-10-21(11-9-20)28(25,26)18-3-1-2-16(14-18)22(23)24/h1-7,14H,8-13H2/p+1. The van der Waals surface area contributed by atoms with Crippen molar-refractivity contribution in [3.05, 3.63) is 64.5 Å². The zero-order chi connectivity index (χ0) is 20.1. The van der Waals surface area contributed by atoms with E-state index in [1.165, 1.54) is 39.5 Å². The Morgan fingerprint density at radius 2 is 1.82 bits per heavy atom. The van der Waals surface area contributed by atoms with E-state index in [-0.39, 0.29) is 16.4 Å². The van der Waals surface area contributed by atoms with Crippen LogP contribution in [0.3, 0.4) is 0 Å². The third kappa shape index (κ3) is 4.83. The first-order valence-electron chi connectivity index (χ1n) is 8.83. The van der Waals surface area contributed by atoms with Crippen molar-refractivity contribution in [2.45, 2.75) is 4.90 Å². The molecule has 0 radical (unpaired) electrons. The van der Waals surface area contributed by atoms with Crippen LogP contribution in [-0.2, 0) is 10.0 Å². The van der Waals surface area contributed by atoms with E-state index >= 15 is 0 Å². The van der Waals surface area contributed by atoms with Crippen LogP contribution >= 0.6 is 0 Å². The Hall–Kier alpha value is -2.56. The minimum atomic E-state index is -3.76. The first kappa shape index (κ1) is 20.2. The van der Waals surface area contributed by atoms with Crippen molar-refractivity contribution in [2.24, 2.45) is 0 Å². The fraction of sp³-hybridized carbons (Fsp3) is 0.333. The maximum absolute atomic E-state index is 12.9. The van der Waals surface area contributed by atoms with Gasteiger partial charge in [-0.25, -0.2) is 12.8 Å². The summed E-state index contributed by atoms with van der Waals surface area (Å²) in [7, 11) is -3.76. The number of hydrogen-bond donors (Lipinski definition) is 1. The predicted octanol–water partition coefficient (Wildman–Crippen LogP) is 0.702. The lowest BCUT2D eigenvalue weighted by Crippen LogP contribution is -3.15. The molecule has 2 aromatic rings. The summed E-state index contributed by atoms with van der Waals surface area (Å²) in [4.78, 5) is 11.4. The summed E-state index contributed by atoms with van der Waals surface area (Å²) >= 11 is 0. The number of halogens is 1. The van der Waals surface area contributed by atoms with E-state index in [0.717, 1.165) is 6.07 Å². The highest BCUT2D eigenvalue weighted by Crippen LogP contribution is 2.20. The fourth-order valence-corrected chi connectivity index (χ4v) is 4.53. The van der Waals surface area contributed by atoms with Crippen molar-refractivity contribution in [1.82, 2.24) is 4.31 Å². The molecule has 8 nitrogen and oxygen atoms in total. The Labute approximate surface area is 162 Å². The number of nitrogens with zero attached hydrogens (tertiary/aromatic N) is 2. The molecule has 0 bridgehead atoms. The Bertz CT molecular complexity index is 928. The van der Waals surface area contributed by atoms with Gasteiger partial charge < -0.3 is 9.64 Å². The highest BCUT2D eigenvalue weighted by molar-refractivity contribution is 7.89. The number of piperazine rings is 1. The molecule has 1 saturated heterocycles. The molecule has 1 heterocycles. The first-order valence-corrected chi connectivity index (χ1v) is 10.3. The topological polar surface area (TPSA) is 94.2 Å². The molecular weight excluding hydrogens is 389 g/mol. The highest BCUT2D eigenvalue weighted by atomic mass is 32.2. The Morgan fingerprint density at radius 3 is 2.46 bits per heavy atom. The van der Waals surface area contributed by atoms with Gasteiger partial charge in [0.15, 0.2) is 0 Å². The molecule has 0 atom stereocenters. The monoisotopic (exact) mass is 410 g/mol. The van der Waals surface area contributed by atoms with E-state index < -0.39 is 14.9 Å². The van der Waals surface area contributed by atoms with Gasteiger partial charge in [-0.2, -0.15) is 4.31 Å². The third-order valence-electron chi connectivity index (χ3n) is 4.63. The van der Waals surface area contributed by atoms with E-state index in [4.69, 9.17) is 4.74 Å². The van der Waals surface area contributed by atoms with Gasteiger partial charge in [0.25, 0.3) is 5.69 Å². The molecule has 10 heteroatoms. The highest BCUT2D eigenvalue weighted by Gasteiger charge is 2.31. The van der Waals surface area contributed by atoms with Gasteiger partial charge in [0, 0.05) is 12.1 Å². The number of sulfonamides is 1. The van der Waals surface area contributed by atoms with Crippen molar-refractivity contribution in [3.8, 4) is 5.75 Å². The number of nitro benzene ring substituents is 1. The average molecular weight is 410 g/mol. The van der Waals surface area contributed by atoms with E-state index in [2.05, 4.69) is 0 Å². The first-order chi connectivity index (χ1) is 13.4. The molecule has 1 fully saturated rings. The number of non-ortho nitro benzene ring substituents is 1. The van der Waals surface area contributed by atoms with E-state index in [1.807, 2.05) is 0 Å². The minimum absolute atomic E-state index is 0.0650. The van der Waals surface area contributed by atoms with Crippen LogP contribution in [0.25, 0.3) is 0 Å². The number of nitrogens with one attached hydrogen (secondary N) is 1. The molecule has 1 N–H and O–H groups in total. The largest absolute Gasteiger partial charge is 0.488 e. The van der Waals surface area contributed by atoms with E-state index in [1.54, 1.807) is 12.1 Å². The summed E-state index contributed by atoms with van der Waals surface area (Å²) < 4.78 is 45.3.